The van der Waals surface area contributed by atoms with Crippen molar-refractivity contribution in [3.05, 3.63) is 12.2 Å². The van der Waals surface area contributed by atoms with Gasteiger partial charge >= 0.3 is 0 Å². The molecule has 0 aromatic rings. The van der Waals surface area contributed by atoms with E-state index in [2.05, 4.69) is 26.7 Å². The van der Waals surface area contributed by atoms with Crippen LogP contribution >= 0.6 is 7.04 Å². The zero-order valence-corrected chi connectivity index (χ0v) is 9.53. The lowest BCUT2D eigenvalue weighted by atomic mass is 10.2. The first-order valence-corrected chi connectivity index (χ1v) is 6.89. The summed E-state index contributed by atoms with van der Waals surface area (Å²) >= 11 is 0. The summed E-state index contributed by atoms with van der Waals surface area (Å²) in [6.45, 7) is 10.4. The van der Waals surface area contributed by atoms with Gasteiger partial charge in [-0.15, -0.1) is 0 Å². The molecule has 1 atom stereocenters. The Morgan fingerprint density at radius 3 is 2.33 bits per heavy atom. The molecule has 0 aromatic carbocycles. The summed E-state index contributed by atoms with van der Waals surface area (Å²) in [5.41, 5.74) is 7.28. The molecule has 0 radical (unpaired) electrons. The van der Waals surface area contributed by atoms with Gasteiger partial charge in [-0.25, -0.2) is 0 Å². The highest BCUT2D eigenvalue weighted by Gasteiger charge is 2.08. The molecule has 0 aliphatic carbocycles. The Balaban J connectivity index is 3.88. The molecule has 1 unspecified atom stereocenters. The molecule has 0 aliphatic heterocycles. The monoisotopic (exact) mass is 187 g/mol. The molecule has 0 bridgehead atoms. The first kappa shape index (κ1) is 12.0. The Labute approximate surface area is 77.1 Å². The number of nitrogens with two attached hydrogens (primary N) is 1. The molecular formula is C10H22NP. The van der Waals surface area contributed by atoms with Gasteiger partial charge in [-0.2, -0.15) is 0 Å². The van der Waals surface area contributed by atoms with E-state index in [1.165, 1.54) is 12.0 Å². The molecule has 0 fully saturated rings. The summed E-state index contributed by atoms with van der Waals surface area (Å²) in [6, 6.07) is 0. The van der Waals surface area contributed by atoms with Crippen LogP contribution < -0.4 is 5.50 Å². The summed E-state index contributed by atoms with van der Waals surface area (Å²) in [5.74, 6) is 0.736. The maximum atomic E-state index is 6.11. The molecule has 0 aliphatic rings. The Morgan fingerprint density at radius 1 is 1.50 bits per heavy atom. The quantitative estimate of drug-likeness (QED) is 0.519. The number of rotatable bonds is 5. The van der Waals surface area contributed by atoms with Crippen LogP contribution in [0.5, 0.6) is 0 Å². The second kappa shape index (κ2) is 4.89. The first-order valence-electron chi connectivity index (χ1n) is 4.48. The molecule has 12 heavy (non-hydrogen) atoms. The van der Waals surface area contributed by atoms with E-state index in [1.54, 1.807) is 0 Å². The van der Waals surface area contributed by atoms with Crippen molar-refractivity contribution >= 4 is 13.3 Å². The van der Waals surface area contributed by atoms with Gasteiger partial charge in [0, 0.05) is 0 Å². The van der Waals surface area contributed by atoms with Gasteiger partial charge in [0.15, 0.2) is 0 Å². The molecule has 0 heterocycles. The normalized spacial score (nSPS) is 16.1. The topological polar surface area (TPSA) is 26.0 Å². The van der Waals surface area contributed by atoms with Crippen molar-refractivity contribution in [1.29, 1.82) is 0 Å². The van der Waals surface area contributed by atoms with Crippen molar-refractivity contribution < 1.29 is 0 Å². The van der Waals surface area contributed by atoms with Crippen molar-refractivity contribution in [1.82, 2.24) is 0 Å². The van der Waals surface area contributed by atoms with Crippen molar-refractivity contribution in [2.75, 3.05) is 12.3 Å². The fourth-order valence-corrected chi connectivity index (χ4v) is 3.40. The van der Waals surface area contributed by atoms with E-state index >= 15 is 0 Å². The van der Waals surface area contributed by atoms with E-state index in [-0.39, 0.29) is 0 Å². The molecule has 0 rings (SSSR count). The van der Waals surface area contributed by atoms with Gasteiger partial charge in [-0.1, -0.05) is 39.3 Å². The van der Waals surface area contributed by atoms with E-state index in [4.69, 9.17) is 5.50 Å². The van der Waals surface area contributed by atoms with Crippen LogP contribution in [0.4, 0.5) is 0 Å². The summed E-state index contributed by atoms with van der Waals surface area (Å²) in [6.07, 6.45) is 7.34. The second-order valence-corrected chi connectivity index (χ2v) is 7.44. The molecule has 0 spiro atoms. The predicted octanol–water partition coefficient (Wildman–Crippen LogP) is 2.93. The van der Waals surface area contributed by atoms with Crippen molar-refractivity contribution in [3.8, 4) is 0 Å². The third-order valence-electron chi connectivity index (χ3n) is 1.74. The Morgan fingerprint density at radius 2 is 2.00 bits per heavy atom. The van der Waals surface area contributed by atoms with Crippen molar-refractivity contribution in [2.45, 2.75) is 27.2 Å². The van der Waals surface area contributed by atoms with E-state index < -0.39 is 7.04 Å². The van der Waals surface area contributed by atoms with E-state index in [9.17, 15) is 0 Å². The summed E-state index contributed by atoms with van der Waals surface area (Å²) in [4.78, 5) is 0. The molecule has 0 saturated heterocycles. The lowest BCUT2D eigenvalue weighted by Crippen LogP contribution is -2.07. The lowest BCUT2D eigenvalue weighted by Gasteiger charge is -2.20. The van der Waals surface area contributed by atoms with Crippen LogP contribution in [0.1, 0.15) is 27.2 Å². The zero-order chi connectivity index (χ0) is 9.78. The minimum atomic E-state index is -1.40. The van der Waals surface area contributed by atoms with Crippen LogP contribution in [0.15, 0.2) is 12.2 Å². The van der Waals surface area contributed by atoms with Crippen molar-refractivity contribution in [3.63, 3.8) is 0 Å². The highest BCUT2D eigenvalue weighted by molar-refractivity contribution is 7.71. The van der Waals surface area contributed by atoms with Crippen LogP contribution in [-0.2, 0) is 0 Å². The molecule has 2 heteroatoms. The Hall–Kier alpha value is -0.0000000000000000208. The van der Waals surface area contributed by atoms with E-state index in [1.807, 2.05) is 6.92 Å². The molecule has 1 nitrogen and oxygen atoms in total. The summed E-state index contributed by atoms with van der Waals surface area (Å²) in [7, 11) is -1.40. The van der Waals surface area contributed by atoms with Crippen LogP contribution in [0.2, 0.25) is 0 Å². The Kier molecular flexibility index (Phi) is 4.89. The molecular weight excluding hydrogens is 165 g/mol. The first-order chi connectivity index (χ1) is 5.33. The van der Waals surface area contributed by atoms with Gasteiger partial charge in [0.1, 0.15) is 0 Å². The average molecular weight is 187 g/mol. The maximum absolute atomic E-state index is 6.11. The number of hydrogen-bond donors (Lipinski definition) is 1. The largest absolute Gasteiger partial charge is 0.311 e. The van der Waals surface area contributed by atoms with Gasteiger partial charge in [-0.3, -0.25) is 0 Å². The smallest absolute Gasteiger partial charge is 0.000731 e. The maximum Gasteiger partial charge on any atom is -0.000731 e. The minimum absolute atomic E-state index is 0.736. The number of allylic oxidation sites excluding steroid dienone is 1. The van der Waals surface area contributed by atoms with Gasteiger partial charge in [0.05, 0.1) is 0 Å². The van der Waals surface area contributed by atoms with Gasteiger partial charge in [0.2, 0.25) is 0 Å². The molecule has 72 valence electrons. The van der Waals surface area contributed by atoms with Gasteiger partial charge < -0.3 is 5.50 Å². The van der Waals surface area contributed by atoms with Gasteiger partial charge in [0.25, 0.3) is 0 Å². The summed E-state index contributed by atoms with van der Waals surface area (Å²) in [5, 5.41) is 0. The third kappa shape index (κ3) is 6.69. The number of hydrogen-bond acceptors (Lipinski definition) is 1. The molecule has 2 N–H and O–H groups in total. The van der Waals surface area contributed by atoms with Crippen LogP contribution in [0.25, 0.3) is 0 Å². The van der Waals surface area contributed by atoms with E-state index in [0.717, 1.165) is 18.2 Å². The SMILES string of the molecule is C=C(C)CP(=C)(N)CCC(C)C. The van der Waals surface area contributed by atoms with E-state index in [0.29, 0.717) is 0 Å². The standard InChI is InChI=1S/C10H22NP/c1-9(2)6-7-12(5,11)8-10(3)4/h9H,3,5-8,11H2,1-2,4H3. The second-order valence-electron chi connectivity index (χ2n) is 4.24. The fourth-order valence-electron chi connectivity index (χ4n) is 1.13. The molecule has 0 amide bonds. The highest BCUT2D eigenvalue weighted by Crippen LogP contribution is 2.38. The Bertz CT molecular complexity index is 194. The fraction of sp³-hybridized carbons (Fsp3) is 0.700. The zero-order valence-electron chi connectivity index (χ0n) is 8.64. The van der Waals surface area contributed by atoms with Crippen LogP contribution in [0.3, 0.4) is 0 Å². The minimum Gasteiger partial charge on any atom is -0.311 e. The van der Waals surface area contributed by atoms with Gasteiger partial charge in [-0.05, 0) is 31.6 Å². The average Bonchev–Trinajstić information content (AvgIpc) is 1.81. The summed E-state index contributed by atoms with van der Waals surface area (Å²) < 4.78 is 0. The van der Waals surface area contributed by atoms with Crippen LogP contribution in [0, 0.1) is 5.92 Å². The molecule has 0 aromatic heterocycles. The van der Waals surface area contributed by atoms with Crippen LogP contribution in [-0.4, -0.2) is 18.6 Å². The van der Waals surface area contributed by atoms with Crippen molar-refractivity contribution in [2.24, 2.45) is 11.4 Å². The lowest BCUT2D eigenvalue weighted by molar-refractivity contribution is 0.629. The predicted molar refractivity (Wildman–Crippen MR) is 62.2 cm³/mol. The third-order valence-corrected chi connectivity index (χ3v) is 4.06. The highest BCUT2D eigenvalue weighted by atomic mass is 31.2. The molecule has 0 saturated carbocycles.